The van der Waals surface area contributed by atoms with Crippen LogP contribution in [0.5, 0.6) is 0 Å². The first-order valence-corrected chi connectivity index (χ1v) is 6.55. The lowest BCUT2D eigenvalue weighted by molar-refractivity contribution is 0.760. The van der Waals surface area contributed by atoms with Gasteiger partial charge in [0.25, 0.3) is 0 Å². The molecule has 2 rings (SSSR count). The van der Waals surface area contributed by atoms with Crippen molar-refractivity contribution in [2.45, 2.75) is 12.4 Å². The Balaban J connectivity index is 2.23. The predicted octanol–water partition coefficient (Wildman–Crippen LogP) is 3.45. The minimum Gasteiger partial charge on any atom is -0.367 e. The van der Waals surface area contributed by atoms with Gasteiger partial charge in [0.05, 0.1) is 6.54 Å². The number of rotatable bonds is 4. The number of hydrogen-bond donors (Lipinski definition) is 0. The van der Waals surface area contributed by atoms with Gasteiger partial charge < -0.3 is 9.47 Å². The highest BCUT2D eigenvalue weighted by molar-refractivity contribution is 6.30. The Bertz CT molecular complexity index is 537. The van der Waals surface area contributed by atoms with Crippen LogP contribution in [0.4, 0.5) is 5.69 Å². The van der Waals surface area contributed by atoms with Crippen LogP contribution in [0.2, 0.25) is 5.02 Å². The van der Waals surface area contributed by atoms with Crippen molar-refractivity contribution in [2.75, 3.05) is 11.9 Å². The van der Waals surface area contributed by atoms with Crippen molar-refractivity contribution >= 4 is 28.9 Å². The van der Waals surface area contributed by atoms with Crippen molar-refractivity contribution < 1.29 is 0 Å². The lowest BCUT2D eigenvalue weighted by atomic mass is 10.2. The first kappa shape index (κ1) is 13.2. The number of aryl methyl sites for hydroxylation is 1. The van der Waals surface area contributed by atoms with E-state index in [2.05, 4.69) is 9.88 Å². The van der Waals surface area contributed by atoms with Gasteiger partial charge in [-0.25, -0.2) is 4.98 Å². The molecule has 0 aliphatic carbocycles. The summed E-state index contributed by atoms with van der Waals surface area (Å²) >= 11 is 11.9. The molecule has 18 heavy (non-hydrogen) atoms. The summed E-state index contributed by atoms with van der Waals surface area (Å²) in [6.07, 6.45) is 3.74. The number of alkyl halides is 1. The monoisotopic (exact) mass is 283 g/mol. The topological polar surface area (TPSA) is 21.1 Å². The fourth-order valence-electron chi connectivity index (χ4n) is 1.88. The van der Waals surface area contributed by atoms with Gasteiger partial charge in [0.15, 0.2) is 0 Å². The molecule has 3 nitrogen and oxygen atoms in total. The van der Waals surface area contributed by atoms with Crippen molar-refractivity contribution in [3.8, 4) is 0 Å². The predicted molar refractivity (Wildman–Crippen MR) is 76.3 cm³/mol. The highest BCUT2D eigenvalue weighted by Crippen LogP contribution is 2.25. The summed E-state index contributed by atoms with van der Waals surface area (Å²) in [6.45, 7) is 0.731. The lowest BCUT2D eigenvalue weighted by Crippen LogP contribution is -2.20. The normalized spacial score (nSPS) is 10.7. The third-order valence-corrected chi connectivity index (χ3v) is 3.42. The Labute approximate surface area is 117 Å². The molecule has 1 aromatic heterocycles. The van der Waals surface area contributed by atoms with E-state index in [0.717, 1.165) is 23.6 Å². The number of nitrogens with zero attached hydrogens (tertiary/aromatic N) is 3. The van der Waals surface area contributed by atoms with Gasteiger partial charge in [-0.05, 0) is 23.8 Å². The first-order valence-electron chi connectivity index (χ1n) is 5.63. The fourth-order valence-corrected chi connectivity index (χ4v) is 2.29. The zero-order chi connectivity index (χ0) is 13.1. The van der Waals surface area contributed by atoms with Crippen LogP contribution in [0.3, 0.4) is 0 Å². The number of benzene rings is 1. The molecule has 0 aliphatic rings. The second kappa shape index (κ2) is 5.63. The smallest absolute Gasteiger partial charge is 0.127 e. The quantitative estimate of drug-likeness (QED) is 0.802. The van der Waals surface area contributed by atoms with Crippen LogP contribution >= 0.6 is 23.2 Å². The highest BCUT2D eigenvalue weighted by Gasteiger charge is 2.10. The van der Waals surface area contributed by atoms with E-state index >= 15 is 0 Å². The largest absolute Gasteiger partial charge is 0.367 e. The maximum atomic E-state index is 5.97. The Morgan fingerprint density at radius 3 is 2.78 bits per heavy atom. The van der Waals surface area contributed by atoms with Gasteiger partial charge in [0, 0.05) is 43.1 Å². The molecule has 0 atom stereocenters. The second-order valence-corrected chi connectivity index (χ2v) is 4.92. The second-order valence-electron chi connectivity index (χ2n) is 4.22. The van der Waals surface area contributed by atoms with E-state index in [9.17, 15) is 0 Å². The van der Waals surface area contributed by atoms with E-state index in [4.69, 9.17) is 23.2 Å². The zero-order valence-electron chi connectivity index (χ0n) is 10.4. The van der Waals surface area contributed by atoms with Crippen LogP contribution in [-0.4, -0.2) is 16.6 Å². The molecular formula is C13H15Cl2N3. The van der Waals surface area contributed by atoms with E-state index in [1.54, 1.807) is 6.20 Å². The summed E-state index contributed by atoms with van der Waals surface area (Å²) in [5.74, 6) is 1.45. The summed E-state index contributed by atoms with van der Waals surface area (Å²) in [4.78, 5) is 6.44. The summed E-state index contributed by atoms with van der Waals surface area (Å²) in [6, 6.07) is 5.77. The van der Waals surface area contributed by atoms with E-state index in [0.29, 0.717) is 10.9 Å². The molecule has 0 bridgehead atoms. The summed E-state index contributed by atoms with van der Waals surface area (Å²) in [5.41, 5.74) is 2.11. The van der Waals surface area contributed by atoms with Gasteiger partial charge >= 0.3 is 0 Å². The van der Waals surface area contributed by atoms with Crippen LogP contribution in [-0.2, 0) is 19.5 Å². The van der Waals surface area contributed by atoms with E-state index < -0.39 is 0 Å². The van der Waals surface area contributed by atoms with Gasteiger partial charge in [-0.15, -0.1) is 11.6 Å². The van der Waals surface area contributed by atoms with Crippen LogP contribution < -0.4 is 4.90 Å². The molecule has 1 aromatic carbocycles. The highest BCUT2D eigenvalue weighted by atomic mass is 35.5. The van der Waals surface area contributed by atoms with Crippen LogP contribution in [0.15, 0.2) is 30.6 Å². The fraction of sp³-hybridized carbons (Fsp3) is 0.308. The molecule has 0 N–H and O–H groups in total. The van der Waals surface area contributed by atoms with Gasteiger partial charge in [-0.3, -0.25) is 0 Å². The van der Waals surface area contributed by atoms with E-state index in [1.165, 1.54) is 0 Å². The number of imidazole rings is 1. The van der Waals surface area contributed by atoms with Crippen molar-refractivity contribution in [3.63, 3.8) is 0 Å². The molecule has 0 unspecified atom stereocenters. The molecule has 5 heteroatoms. The Morgan fingerprint density at radius 2 is 2.17 bits per heavy atom. The molecule has 0 saturated carbocycles. The van der Waals surface area contributed by atoms with Gasteiger partial charge in [0.2, 0.25) is 0 Å². The van der Waals surface area contributed by atoms with E-state index in [-0.39, 0.29) is 0 Å². The average molecular weight is 284 g/mol. The van der Waals surface area contributed by atoms with Crippen molar-refractivity contribution in [2.24, 2.45) is 7.05 Å². The minimum absolute atomic E-state index is 0.445. The number of aromatic nitrogens is 2. The Hall–Kier alpha value is -1.19. The minimum atomic E-state index is 0.445. The maximum absolute atomic E-state index is 5.97. The van der Waals surface area contributed by atoms with E-state index in [1.807, 2.05) is 43.1 Å². The molecule has 2 aromatic rings. The van der Waals surface area contributed by atoms with Crippen LogP contribution in [0.1, 0.15) is 11.4 Å². The summed E-state index contributed by atoms with van der Waals surface area (Å²) < 4.78 is 2.01. The lowest BCUT2D eigenvalue weighted by Gasteiger charge is -2.21. The Kier molecular flexibility index (Phi) is 4.15. The molecule has 0 amide bonds. The third kappa shape index (κ3) is 2.79. The van der Waals surface area contributed by atoms with Crippen molar-refractivity contribution in [3.05, 3.63) is 47.0 Å². The average Bonchev–Trinajstić information content (AvgIpc) is 2.74. The maximum Gasteiger partial charge on any atom is 0.127 e. The number of halogens is 2. The molecule has 0 saturated heterocycles. The molecule has 0 spiro atoms. The molecule has 0 radical (unpaired) electrons. The molecule has 1 heterocycles. The molecule has 0 aliphatic heterocycles. The van der Waals surface area contributed by atoms with Crippen molar-refractivity contribution in [1.29, 1.82) is 0 Å². The van der Waals surface area contributed by atoms with Crippen LogP contribution in [0, 0.1) is 0 Å². The zero-order valence-corrected chi connectivity index (χ0v) is 11.9. The standard InChI is InChI=1S/C13H15Cl2N3/c1-17-6-5-16-13(17)9-18(2)12-4-3-11(15)7-10(12)8-14/h3-7H,8-9H2,1-2H3. The van der Waals surface area contributed by atoms with Gasteiger partial charge in [0.1, 0.15) is 5.82 Å². The Morgan fingerprint density at radius 1 is 1.39 bits per heavy atom. The summed E-state index contributed by atoms with van der Waals surface area (Å²) in [7, 11) is 4.01. The van der Waals surface area contributed by atoms with Crippen LogP contribution in [0.25, 0.3) is 0 Å². The van der Waals surface area contributed by atoms with Gasteiger partial charge in [-0.2, -0.15) is 0 Å². The first-order chi connectivity index (χ1) is 8.61. The SMILES string of the molecule is CN(Cc1nccn1C)c1ccc(Cl)cc1CCl. The third-order valence-electron chi connectivity index (χ3n) is 2.90. The summed E-state index contributed by atoms with van der Waals surface area (Å²) in [5, 5.41) is 0.708. The molecular weight excluding hydrogens is 269 g/mol. The van der Waals surface area contributed by atoms with Gasteiger partial charge in [-0.1, -0.05) is 11.6 Å². The van der Waals surface area contributed by atoms with Crippen molar-refractivity contribution in [1.82, 2.24) is 9.55 Å². The number of anilines is 1. The number of hydrogen-bond acceptors (Lipinski definition) is 2. The molecule has 0 fully saturated rings. The molecule has 96 valence electrons.